The molecule has 6 nitrogen and oxygen atoms in total. The van der Waals surface area contributed by atoms with Gasteiger partial charge in [-0.25, -0.2) is 14.4 Å². The number of carbonyl (C=O) groups is 3. The molecule has 4 aromatic rings. The van der Waals surface area contributed by atoms with Crippen LogP contribution in [0.3, 0.4) is 0 Å². The van der Waals surface area contributed by atoms with Crippen molar-refractivity contribution in [1.29, 1.82) is 0 Å². The summed E-state index contributed by atoms with van der Waals surface area (Å²) in [5, 5.41) is 0. The van der Waals surface area contributed by atoms with Crippen LogP contribution in [0.15, 0.2) is 91.0 Å². The third-order valence-corrected chi connectivity index (χ3v) is 5.58. The van der Waals surface area contributed by atoms with Crippen LogP contribution in [0.4, 0.5) is 0 Å². The van der Waals surface area contributed by atoms with E-state index in [2.05, 4.69) is 35.5 Å². The first-order chi connectivity index (χ1) is 20.4. The summed E-state index contributed by atoms with van der Waals surface area (Å²) >= 11 is 0. The molecule has 0 fully saturated rings. The molecule has 0 aromatic heterocycles. The highest BCUT2D eigenvalue weighted by Gasteiger charge is 2.20. The molecule has 6 heteroatoms. The van der Waals surface area contributed by atoms with Crippen LogP contribution in [0.2, 0.25) is 0 Å². The zero-order valence-electron chi connectivity index (χ0n) is 23.1. The number of benzene rings is 4. The normalized spacial score (nSPS) is 9.50. The SMILES string of the molecule is CC#Cc1cccc(OC(=O)c2cc(C(=O)Oc3cccc(C#CC)c3)cc(C(=O)Oc3cccc(C#CC)c3)c2)c1. The van der Waals surface area contributed by atoms with Gasteiger partial charge in [0, 0.05) is 16.7 Å². The molecular formula is C36H24O6. The fourth-order valence-corrected chi connectivity index (χ4v) is 3.82. The Labute approximate surface area is 244 Å². The predicted molar refractivity (Wildman–Crippen MR) is 158 cm³/mol. The maximum absolute atomic E-state index is 13.2. The van der Waals surface area contributed by atoms with Crippen molar-refractivity contribution in [1.82, 2.24) is 0 Å². The zero-order chi connectivity index (χ0) is 29.9. The smallest absolute Gasteiger partial charge is 0.343 e. The Kier molecular flexibility index (Phi) is 9.55. The molecule has 0 heterocycles. The van der Waals surface area contributed by atoms with Gasteiger partial charge in [0.15, 0.2) is 0 Å². The first kappa shape index (κ1) is 29.0. The van der Waals surface area contributed by atoms with Crippen molar-refractivity contribution in [2.45, 2.75) is 20.8 Å². The van der Waals surface area contributed by atoms with E-state index in [0.29, 0.717) is 16.7 Å². The van der Waals surface area contributed by atoms with Crippen LogP contribution >= 0.6 is 0 Å². The molecule has 0 saturated heterocycles. The quantitative estimate of drug-likeness (QED) is 0.155. The largest absolute Gasteiger partial charge is 0.423 e. The molecule has 4 rings (SSSR count). The second kappa shape index (κ2) is 13.9. The van der Waals surface area contributed by atoms with E-state index in [4.69, 9.17) is 14.2 Å². The van der Waals surface area contributed by atoms with E-state index in [1.165, 1.54) is 18.2 Å². The van der Waals surface area contributed by atoms with Crippen molar-refractivity contribution in [3.8, 4) is 52.8 Å². The Bertz CT molecular complexity index is 1640. The third kappa shape index (κ3) is 7.76. The minimum absolute atomic E-state index is 0.0559. The summed E-state index contributed by atoms with van der Waals surface area (Å²) in [5.41, 5.74) is 1.82. The van der Waals surface area contributed by atoms with Crippen LogP contribution < -0.4 is 14.2 Å². The number of hydrogen-bond donors (Lipinski definition) is 0. The highest BCUT2D eigenvalue weighted by molar-refractivity contribution is 6.01. The van der Waals surface area contributed by atoms with E-state index >= 15 is 0 Å². The van der Waals surface area contributed by atoms with E-state index in [9.17, 15) is 14.4 Å². The van der Waals surface area contributed by atoms with Gasteiger partial charge in [0.1, 0.15) is 17.2 Å². The topological polar surface area (TPSA) is 78.9 Å². The van der Waals surface area contributed by atoms with Gasteiger partial charge in [-0.3, -0.25) is 0 Å². The molecule has 0 amide bonds. The summed E-state index contributed by atoms with van der Waals surface area (Å²) in [4.78, 5) is 39.6. The fraction of sp³-hybridized carbons (Fsp3) is 0.0833. The van der Waals surface area contributed by atoms with Crippen LogP contribution in [-0.4, -0.2) is 17.9 Å². The molecule has 4 aromatic carbocycles. The molecule has 42 heavy (non-hydrogen) atoms. The molecular weight excluding hydrogens is 528 g/mol. The predicted octanol–water partition coefficient (Wildman–Crippen LogP) is 6.46. The highest BCUT2D eigenvalue weighted by Crippen LogP contribution is 2.21. The number of ether oxygens (including phenoxy) is 3. The molecule has 0 saturated carbocycles. The number of carbonyl (C=O) groups excluding carboxylic acids is 3. The van der Waals surface area contributed by atoms with E-state index < -0.39 is 17.9 Å². The first-order valence-electron chi connectivity index (χ1n) is 12.8. The van der Waals surface area contributed by atoms with Gasteiger partial charge < -0.3 is 14.2 Å². The lowest BCUT2D eigenvalue weighted by Gasteiger charge is -2.11. The summed E-state index contributed by atoms with van der Waals surface area (Å²) in [5.74, 6) is 15.4. The van der Waals surface area contributed by atoms with Crippen LogP contribution in [-0.2, 0) is 0 Å². The van der Waals surface area contributed by atoms with Crippen LogP contribution in [0, 0.1) is 35.5 Å². The first-order valence-corrected chi connectivity index (χ1v) is 12.8. The monoisotopic (exact) mass is 552 g/mol. The van der Waals surface area contributed by atoms with E-state index in [1.54, 1.807) is 93.6 Å². The van der Waals surface area contributed by atoms with E-state index in [-0.39, 0.29) is 33.9 Å². The Morgan fingerprint density at radius 3 is 1.00 bits per heavy atom. The van der Waals surface area contributed by atoms with E-state index in [1.807, 2.05) is 0 Å². The fourth-order valence-electron chi connectivity index (χ4n) is 3.82. The van der Waals surface area contributed by atoms with Crippen molar-refractivity contribution >= 4 is 17.9 Å². The molecule has 0 aliphatic carbocycles. The van der Waals surface area contributed by atoms with Crippen molar-refractivity contribution in [2.75, 3.05) is 0 Å². The number of hydrogen-bond acceptors (Lipinski definition) is 6. The minimum atomic E-state index is -0.791. The molecule has 0 atom stereocenters. The van der Waals surface area contributed by atoms with Gasteiger partial charge in [-0.15, -0.1) is 17.8 Å². The van der Waals surface area contributed by atoms with Crippen molar-refractivity contribution in [3.05, 3.63) is 124 Å². The molecule has 0 spiro atoms. The standard InChI is InChI=1S/C36H24O6/c1-4-10-25-13-7-16-31(19-25)40-34(37)28-22-29(35(38)41-32-17-8-14-26(20-32)11-5-2)24-30(23-28)36(39)42-33-18-9-15-27(21-33)12-6-3/h7-9,13-24H,1-3H3. The molecule has 204 valence electrons. The highest BCUT2D eigenvalue weighted by atomic mass is 16.5. The second-order valence-electron chi connectivity index (χ2n) is 8.68. The molecule has 0 aliphatic rings. The average molecular weight is 553 g/mol. The van der Waals surface area contributed by atoms with Crippen molar-refractivity contribution in [3.63, 3.8) is 0 Å². The van der Waals surface area contributed by atoms with Gasteiger partial charge in [-0.2, -0.15) is 0 Å². The van der Waals surface area contributed by atoms with E-state index in [0.717, 1.165) is 0 Å². The van der Waals surface area contributed by atoms with Gasteiger partial charge >= 0.3 is 17.9 Å². The zero-order valence-corrected chi connectivity index (χ0v) is 23.1. The summed E-state index contributed by atoms with van der Waals surface area (Å²) in [7, 11) is 0. The Morgan fingerprint density at radius 2 is 0.738 bits per heavy atom. The molecule has 0 N–H and O–H groups in total. The Hall–Kier alpha value is -6.03. The van der Waals surface area contributed by atoms with Crippen molar-refractivity contribution < 1.29 is 28.6 Å². The Balaban J connectivity index is 1.68. The lowest BCUT2D eigenvalue weighted by atomic mass is 10.1. The summed E-state index contributed by atoms with van der Waals surface area (Å²) in [6.45, 7) is 5.10. The Morgan fingerprint density at radius 1 is 0.452 bits per heavy atom. The van der Waals surface area contributed by atoms with Crippen molar-refractivity contribution in [2.24, 2.45) is 0 Å². The lowest BCUT2D eigenvalue weighted by molar-refractivity contribution is 0.0734. The number of rotatable bonds is 6. The minimum Gasteiger partial charge on any atom is -0.423 e. The van der Waals surface area contributed by atoms with Crippen LogP contribution in [0.5, 0.6) is 17.2 Å². The van der Waals surface area contributed by atoms with Crippen LogP contribution in [0.1, 0.15) is 68.5 Å². The summed E-state index contributed by atoms with van der Waals surface area (Å²) < 4.78 is 16.6. The summed E-state index contributed by atoms with van der Waals surface area (Å²) in [6, 6.07) is 24.0. The average Bonchev–Trinajstić information content (AvgIpc) is 2.98. The van der Waals surface area contributed by atoms with Crippen LogP contribution in [0.25, 0.3) is 0 Å². The third-order valence-electron chi connectivity index (χ3n) is 5.58. The van der Waals surface area contributed by atoms with Gasteiger partial charge in [-0.1, -0.05) is 36.0 Å². The van der Waals surface area contributed by atoms with Gasteiger partial charge in [-0.05, 0) is 93.6 Å². The molecule has 0 bridgehead atoms. The molecule has 0 unspecified atom stereocenters. The van der Waals surface area contributed by atoms with Gasteiger partial charge in [0.05, 0.1) is 16.7 Å². The second-order valence-corrected chi connectivity index (χ2v) is 8.68. The van der Waals surface area contributed by atoms with Gasteiger partial charge in [0.2, 0.25) is 0 Å². The van der Waals surface area contributed by atoms with Gasteiger partial charge in [0.25, 0.3) is 0 Å². The molecule has 0 aliphatic heterocycles. The maximum Gasteiger partial charge on any atom is 0.343 e. The lowest BCUT2D eigenvalue weighted by Crippen LogP contribution is -2.16. The summed E-state index contributed by atoms with van der Waals surface area (Å²) in [6.07, 6.45) is 0. The maximum atomic E-state index is 13.2. The molecule has 0 radical (unpaired) electrons. The number of esters is 3.